The molecule has 1 atom stereocenters. The number of nitrogens with one attached hydrogen (secondary N) is 1. The van der Waals surface area contributed by atoms with Crippen molar-refractivity contribution in [2.45, 2.75) is 32.0 Å². The summed E-state index contributed by atoms with van der Waals surface area (Å²) in [6.07, 6.45) is -4.30. The molecule has 2 aromatic rings. The smallest absolute Gasteiger partial charge is 0.416 e. The summed E-state index contributed by atoms with van der Waals surface area (Å²) in [6.45, 7) is 1.85. The van der Waals surface area contributed by atoms with Gasteiger partial charge in [-0.2, -0.15) is 13.2 Å². The van der Waals surface area contributed by atoms with E-state index < -0.39 is 29.7 Å². The quantitative estimate of drug-likeness (QED) is 0.749. The van der Waals surface area contributed by atoms with E-state index in [0.29, 0.717) is 5.56 Å². The van der Waals surface area contributed by atoms with Crippen LogP contribution < -0.4 is 5.32 Å². The van der Waals surface area contributed by atoms with Gasteiger partial charge in [-0.1, -0.05) is 42.5 Å². The molecule has 1 amide bonds. The molecule has 7 heteroatoms. The first-order valence-corrected chi connectivity index (χ1v) is 8.45. The van der Waals surface area contributed by atoms with Crippen LogP contribution in [0, 0.1) is 0 Å². The Morgan fingerprint density at radius 2 is 1.63 bits per heavy atom. The molecule has 0 radical (unpaired) electrons. The molecule has 0 aliphatic carbocycles. The first-order chi connectivity index (χ1) is 12.8. The highest BCUT2D eigenvalue weighted by molar-refractivity contribution is 5.85. The van der Waals surface area contributed by atoms with Gasteiger partial charge in [0.1, 0.15) is 6.04 Å². The van der Waals surface area contributed by atoms with Crippen LogP contribution in [0.2, 0.25) is 0 Å². The number of carbonyl (C=O) groups excluding carboxylic acids is 2. The molecule has 0 fully saturated rings. The summed E-state index contributed by atoms with van der Waals surface area (Å²) in [5.41, 5.74) is 0.494. The lowest BCUT2D eigenvalue weighted by Gasteiger charge is -2.17. The van der Waals surface area contributed by atoms with Gasteiger partial charge in [0.15, 0.2) is 0 Å². The topological polar surface area (TPSA) is 55.4 Å². The zero-order valence-electron chi connectivity index (χ0n) is 14.8. The highest BCUT2D eigenvalue weighted by Crippen LogP contribution is 2.29. The fourth-order valence-corrected chi connectivity index (χ4v) is 2.53. The third-order valence-electron chi connectivity index (χ3n) is 3.83. The minimum absolute atomic E-state index is 0.136. The normalized spacial score (nSPS) is 12.3. The van der Waals surface area contributed by atoms with Crippen LogP contribution in [0.25, 0.3) is 0 Å². The third kappa shape index (κ3) is 6.44. The van der Waals surface area contributed by atoms with E-state index in [9.17, 15) is 22.8 Å². The van der Waals surface area contributed by atoms with Crippen molar-refractivity contribution in [1.82, 2.24) is 5.32 Å². The van der Waals surface area contributed by atoms with Gasteiger partial charge in [0.25, 0.3) is 0 Å². The molecule has 144 valence electrons. The van der Waals surface area contributed by atoms with E-state index in [-0.39, 0.29) is 19.4 Å². The van der Waals surface area contributed by atoms with Crippen molar-refractivity contribution < 1.29 is 27.5 Å². The number of benzene rings is 2. The van der Waals surface area contributed by atoms with Gasteiger partial charge in [-0.25, -0.2) is 4.79 Å². The maximum atomic E-state index is 12.6. The number of hydrogen-bond acceptors (Lipinski definition) is 3. The highest BCUT2D eigenvalue weighted by Gasteiger charge is 2.30. The Labute approximate surface area is 155 Å². The fourth-order valence-electron chi connectivity index (χ4n) is 2.53. The SMILES string of the molecule is CCOC(=O)C(Cc1ccccc1)NC(=O)Cc1ccc(C(F)(F)F)cc1. The number of ether oxygens (including phenoxy) is 1. The predicted octanol–water partition coefficient (Wildman–Crippen LogP) is 3.54. The molecule has 0 aliphatic heterocycles. The van der Waals surface area contributed by atoms with Crippen molar-refractivity contribution in [3.8, 4) is 0 Å². The summed E-state index contributed by atoms with van der Waals surface area (Å²) in [4.78, 5) is 24.4. The molecule has 0 saturated carbocycles. The minimum Gasteiger partial charge on any atom is -0.464 e. The molecular weight excluding hydrogens is 359 g/mol. The fraction of sp³-hybridized carbons (Fsp3) is 0.300. The molecule has 0 saturated heterocycles. The summed E-state index contributed by atoms with van der Waals surface area (Å²) >= 11 is 0. The molecule has 0 heterocycles. The van der Waals surface area contributed by atoms with Crippen molar-refractivity contribution >= 4 is 11.9 Å². The van der Waals surface area contributed by atoms with Crippen molar-refractivity contribution in [1.29, 1.82) is 0 Å². The number of esters is 1. The van der Waals surface area contributed by atoms with Gasteiger partial charge in [-0.3, -0.25) is 4.79 Å². The lowest BCUT2D eigenvalue weighted by molar-refractivity contribution is -0.147. The second kappa shape index (κ2) is 9.21. The number of hydrogen-bond donors (Lipinski definition) is 1. The lowest BCUT2D eigenvalue weighted by atomic mass is 10.0. The lowest BCUT2D eigenvalue weighted by Crippen LogP contribution is -2.44. The summed E-state index contributed by atoms with van der Waals surface area (Å²) in [5.74, 6) is -1.02. The molecule has 4 nitrogen and oxygen atoms in total. The second-order valence-corrected chi connectivity index (χ2v) is 5.93. The van der Waals surface area contributed by atoms with Crippen LogP contribution >= 0.6 is 0 Å². The van der Waals surface area contributed by atoms with Crippen LogP contribution in [0.15, 0.2) is 54.6 Å². The molecule has 0 aliphatic rings. The monoisotopic (exact) mass is 379 g/mol. The molecule has 1 unspecified atom stereocenters. The Morgan fingerprint density at radius 3 is 2.19 bits per heavy atom. The first-order valence-electron chi connectivity index (χ1n) is 8.45. The van der Waals surface area contributed by atoms with E-state index in [4.69, 9.17) is 4.74 Å². The van der Waals surface area contributed by atoms with E-state index >= 15 is 0 Å². The summed E-state index contributed by atoms with van der Waals surface area (Å²) in [5, 5.41) is 2.61. The largest absolute Gasteiger partial charge is 0.464 e. The zero-order valence-corrected chi connectivity index (χ0v) is 14.8. The van der Waals surface area contributed by atoms with Crippen molar-refractivity contribution in [3.63, 3.8) is 0 Å². The van der Waals surface area contributed by atoms with Gasteiger partial charge in [0.05, 0.1) is 18.6 Å². The number of halogens is 3. The Hall–Kier alpha value is -2.83. The molecule has 2 rings (SSSR count). The van der Waals surface area contributed by atoms with Crippen LogP contribution in [0.3, 0.4) is 0 Å². The van der Waals surface area contributed by atoms with Gasteiger partial charge in [0.2, 0.25) is 5.91 Å². The molecule has 2 aromatic carbocycles. The molecular formula is C20H20F3NO3. The Morgan fingerprint density at radius 1 is 1.00 bits per heavy atom. The van der Waals surface area contributed by atoms with E-state index in [0.717, 1.165) is 17.7 Å². The van der Waals surface area contributed by atoms with Crippen molar-refractivity contribution in [2.24, 2.45) is 0 Å². The maximum absolute atomic E-state index is 12.6. The average Bonchev–Trinajstić information content (AvgIpc) is 2.62. The zero-order chi connectivity index (χ0) is 19.9. The third-order valence-corrected chi connectivity index (χ3v) is 3.83. The standard InChI is InChI=1S/C20H20F3NO3/c1-2-27-19(26)17(12-14-6-4-3-5-7-14)24-18(25)13-15-8-10-16(11-9-15)20(21,22)23/h3-11,17H,2,12-13H2,1H3,(H,24,25). The van der Waals surface area contributed by atoms with Gasteiger partial charge in [-0.05, 0) is 30.2 Å². The molecule has 1 N–H and O–H groups in total. The number of carbonyl (C=O) groups is 2. The van der Waals surface area contributed by atoms with Gasteiger partial charge in [0, 0.05) is 6.42 Å². The second-order valence-electron chi connectivity index (χ2n) is 5.93. The first kappa shape index (κ1) is 20.5. The maximum Gasteiger partial charge on any atom is 0.416 e. The number of alkyl halides is 3. The molecule has 0 spiro atoms. The summed E-state index contributed by atoms with van der Waals surface area (Å²) in [7, 11) is 0. The van der Waals surface area contributed by atoms with E-state index in [1.165, 1.54) is 12.1 Å². The van der Waals surface area contributed by atoms with Gasteiger partial charge in [-0.15, -0.1) is 0 Å². The molecule has 0 aromatic heterocycles. The van der Waals surface area contributed by atoms with Crippen LogP contribution in [-0.4, -0.2) is 24.5 Å². The van der Waals surface area contributed by atoms with Gasteiger partial charge < -0.3 is 10.1 Å². The van der Waals surface area contributed by atoms with Crippen molar-refractivity contribution in [3.05, 3.63) is 71.3 Å². The van der Waals surface area contributed by atoms with Crippen molar-refractivity contribution in [2.75, 3.05) is 6.61 Å². The molecule has 0 bridgehead atoms. The average molecular weight is 379 g/mol. The summed E-state index contributed by atoms with van der Waals surface area (Å²) in [6, 6.07) is 12.6. The number of rotatable bonds is 7. The predicted molar refractivity (Wildman–Crippen MR) is 93.9 cm³/mol. The Kier molecular flexibility index (Phi) is 6.98. The highest BCUT2D eigenvalue weighted by atomic mass is 19.4. The molecule has 27 heavy (non-hydrogen) atoms. The van der Waals surface area contributed by atoms with Crippen LogP contribution in [-0.2, 0) is 33.3 Å². The van der Waals surface area contributed by atoms with E-state index in [1.54, 1.807) is 6.92 Å². The number of amides is 1. The van der Waals surface area contributed by atoms with Crippen LogP contribution in [0.5, 0.6) is 0 Å². The van der Waals surface area contributed by atoms with E-state index in [2.05, 4.69) is 5.32 Å². The Bertz CT molecular complexity index is 758. The van der Waals surface area contributed by atoms with E-state index in [1.807, 2.05) is 30.3 Å². The summed E-state index contributed by atoms with van der Waals surface area (Å²) < 4.78 is 42.8. The Balaban J connectivity index is 2.03. The van der Waals surface area contributed by atoms with Crippen LogP contribution in [0.4, 0.5) is 13.2 Å². The van der Waals surface area contributed by atoms with Crippen LogP contribution in [0.1, 0.15) is 23.6 Å². The van der Waals surface area contributed by atoms with Gasteiger partial charge >= 0.3 is 12.1 Å². The minimum atomic E-state index is -4.43.